The second kappa shape index (κ2) is 8.49. The number of anilines is 1. The third-order valence-corrected chi connectivity index (χ3v) is 2.76. The molecule has 0 aliphatic carbocycles. The average molecular weight is 322 g/mol. The molecule has 0 unspecified atom stereocenters. The molecule has 0 bridgehead atoms. The van der Waals surface area contributed by atoms with E-state index in [0.29, 0.717) is 10.6 Å². The molecule has 0 heterocycles. The third kappa shape index (κ3) is 6.14. The van der Waals surface area contributed by atoms with Gasteiger partial charge in [-0.15, -0.1) is 0 Å². The van der Waals surface area contributed by atoms with Crippen molar-refractivity contribution in [1.82, 2.24) is 10.2 Å². The van der Waals surface area contributed by atoms with Gasteiger partial charge in [-0.2, -0.15) is 0 Å². The van der Waals surface area contributed by atoms with Crippen molar-refractivity contribution in [3.63, 3.8) is 0 Å². The summed E-state index contributed by atoms with van der Waals surface area (Å²) in [6.07, 6.45) is 0. The molecule has 124 valence electrons. The van der Waals surface area contributed by atoms with Crippen LogP contribution in [0.2, 0.25) is 0 Å². The van der Waals surface area contributed by atoms with Gasteiger partial charge < -0.3 is 21.5 Å². The van der Waals surface area contributed by atoms with Crippen molar-refractivity contribution in [2.75, 3.05) is 25.0 Å². The Bertz CT molecular complexity index is 600. The van der Waals surface area contributed by atoms with Crippen LogP contribution in [0.1, 0.15) is 5.56 Å². The van der Waals surface area contributed by atoms with E-state index in [1.807, 2.05) is 6.92 Å². The second-order valence-corrected chi connectivity index (χ2v) is 4.65. The van der Waals surface area contributed by atoms with E-state index in [9.17, 15) is 19.2 Å². The standard InChI is InChI=1S/C14H18N4O5/c1-9-2-4-10(5-3-9)17-14(23)18(8-13(21)22)12(20)7-16-11(19)6-15/h2-5H,6-8,15H2,1H3,(H,16,19)(H,17,23)(H,21,22). The second-order valence-electron chi connectivity index (χ2n) is 4.65. The van der Waals surface area contributed by atoms with E-state index in [0.717, 1.165) is 5.56 Å². The Kier molecular flexibility index (Phi) is 6.68. The Morgan fingerprint density at radius 2 is 1.78 bits per heavy atom. The summed E-state index contributed by atoms with van der Waals surface area (Å²) >= 11 is 0. The Hall–Kier alpha value is -2.94. The number of nitrogens with two attached hydrogens (primary N) is 1. The molecule has 1 aromatic carbocycles. The Morgan fingerprint density at radius 3 is 2.30 bits per heavy atom. The van der Waals surface area contributed by atoms with Gasteiger partial charge in [0.1, 0.15) is 6.54 Å². The summed E-state index contributed by atoms with van der Waals surface area (Å²) in [5.41, 5.74) is 6.47. The number of imide groups is 1. The van der Waals surface area contributed by atoms with Gasteiger partial charge in [-0.3, -0.25) is 19.3 Å². The van der Waals surface area contributed by atoms with E-state index in [4.69, 9.17) is 10.8 Å². The third-order valence-electron chi connectivity index (χ3n) is 2.76. The van der Waals surface area contributed by atoms with Gasteiger partial charge >= 0.3 is 12.0 Å². The molecule has 0 aliphatic rings. The Labute approximate surface area is 132 Å². The molecule has 0 aliphatic heterocycles. The predicted octanol–water partition coefficient (Wildman–Crippen LogP) is -0.485. The number of urea groups is 1. The highest BCUT2D eigenvalue weighted by atomic mass is 16.4. The van der Waals surface area contributed by atoms with E-state index in [-0.39, 0.29) is 6.54 Å². The first-order valence-corrected chi connectivity index (χ1v) is 6.70. The molecule has 9 heteroatoms. The molecule has 1 rings (SSSR count). The highest BCUT2D eigenvalue weighted by Gasteiger charge is 2.24. The van der Waals surface area contributed by atoms with Crippen LogP contribution in [0.5, 0.6) is 0 Å². The first-order chi connectivity index (χ1) is 10.8. The molecular weight excluding hydrogens is 304 g/mol. The van der Waals surface area contributed by atoms with E-state index in [2.05, 4.69) is 10.6 Å². The number of carbonyl (C=O) groups excluding carboxylic acids is 3. The van der Waals surface area contributed by atoms with Gasteiger partial charge in [0.15, 0.2) is 0 Å². The summed E-state index contributed by atoms with van der Waals surface area (Å²) in [6, 6.07) is 5.84. The first kappa shape index (κ1) is 18.1. The molecule has 0 radical (unpaired) electrons. The van der Waals surface area contributed by atoms with Gasteiger partial charge in [-0.1, -0.05) is 17.7 Å². The SMILES string of the molecule is Cc1ccc(NC(=O)N(CC(=O)O)C(=O)CNC(=O)CN)cc1. The minimum atomic E-state index is -1.36. The zero-order valence-corrected chi connectivity index (χ0v) is 12.5. The van der Waals surface area contributed by atoms with Gasteiger partial charge in [0, 0.05) is 5.69 Å². The van der Waals surface area contributed by atoms with E-state index in [1.165, 1.54) is 0 Å². The number of nitrogens with one attached hydrogen (secondary N) is 2. The maximum atomic E-state index is 12.1. The van der Waals surface area contributed by atoms with Crippen LogP contribution in [0.4, 0.5) is 10.5 Å². The van der Waals surface area contributed by atoms with Crippen LogP contribution in [-0.4, -0.2) is 53.5 Å². The van der Waals surface area contributed by atoms with Gasteiger partial charge in [-0.05, 0) is 19.1 Å². The normalized spacial score (nSPS) is 9.83. The summed E-state index contributed by atoms with van der Waals surface area (Å²) in [6.45, 7) is 0.202. The molecule has 0 atom stereocenters. The van der Waals surface area contributed by atoms with Crippen molar-refractivity contribution < 1.29 is 24.3 Å². The molecule has 0 spiro atoms. The van der Waals surface area contributed by atoms with Gasteiger partial charge in [-0.25, -0.2) is 4.79 Å². The monoisotopic (exact) mass is 322 g/mol. The van der Waals surface area contributed by atoms with Gasteiger partial charge in [0.25, 0.3) is 5.91 Å². The van der Waals surface area contributed by atoms with Crippen LogP contribution < -0.4 is 16.4 Å². The number of nitrogens with zero attached hydrogens (tertiary/aromatic N) is 1. The van der Waals surface area contributed by atoms with E-state index >= 15 is 0 Å². The number of rotatable bonds is 6. The van der Waals surface area contributed by atoms with E-state index < -0.39 is 36.9 Å². The fourth-order valence-corrected chi connectivity index (χ4v) is 1.58. The van der Waals surface area contributed by atoms with Crippen LogP contribution in [0.3, 0.4) is 0 Å². The van der Waals surface area contributed by atoms with Gasteiger partial charge in [0.05, 0.1) is 13.1 Å². The zero-order valence-electron chi connectivity index (χ0n) is 12.5. The summed E-state index contributed by atoms with van der Waals surface area (Å²) in [7, 11) is 0. The molecule has 9 nitrogen and oxygen atoms in total. The number of carboxylic acids is 1. The molecule has 0 aromatic heterocycles. The minimum absolute atomic E-state index is 0.318. The Morgan fingerprint density at radius 1 is 1.17 bits per heavy atom. The maximum Gasteiger partial charge on any atom is 0.329 e. The lowest BCUT2D eigenvalue weighted by Crippen LogP contribution is -2.48. The Balaban J connectivity index is 2.77. The fraction of sp³-hybridized carbons (Fsp3) is 0.286. The van der Waals surface area contributed by atoms with Crippen LogP contribution in [0, 0.1) is 6.92 Å². The molecular formula is C14H18N4O5. The highest BCUT2D eigenvalue weighted by Crippen LogP contribution is 2.09. The minimum Gasteiger partial charge on any atom is -0.480 e. The smallest absolute Gasteiger partial charge is 0.329 e. The van der Waals surface area contributed by atoms with Crippen LogP contribution in [0.25, 0.3) is 0 Å². The lowest BCUT2D eigenvalue weighted by molar-refractivity contribution is -0.142. The largest absolute Gasteiger partial charge is 0.480 e. The molecule has 0 saturated heterocycles. The van der Waals surface area contributed by atoms with Gasteiger partial charge in [0.2, 0.25) is 5.91 Å². The lowest BCUT2D eigenvalue weighted by Gasteiger charge is -2.19. The summed E-state index contributed by atoms with van der Waals surface area (Å²) in [5, 5.41) is 13.4. The average Bonchev–Trinajstić information content (AvgIpc) is 2.51. The van der Waals surface area contributed by atoms with Crippen LogP contribution in [-0.2, 0) is 14.4 Å². The maximum absolute atomic E-state index is 12.1. The van der Waals surface area contributed by atoms with Crippen molar-refractivity contribution in [2.45, 2.75) is 6.92 Å². The number of hydrogen-bond donors (Lipinski definition) is 4. The number of carbonyl (C=O) groups is 4. The number of amides is 4. The molecule has 23 heavy (non-hydrogen) atoms. The molecule has 0 fully saturated rings. The first-order valence-electron chi connectivity index (χ1n) is 6.70. The predicted molar refractivity (Wildman–Crippen MR) is 81.6 cm³/mol. The van der Waals surface area contributed by atoms with Crippen molar-refractivity contribution in [3.8, 4) is 0 Å². The molecule has 4 amide bonds. The number of benzene rings is 1. The zero-order chi connectivity index (χ0) is 17.4. The number of aliphatic carboxylic acids is 1. The molecule has 0 saturated carbocycles. The summed E-state index contributed by atoms with van der Waals surface area (Å²) in [4.78, 5) is 46.4. The molecule has 5 N–H and O–H groups in total. The highest BCUT2D eigenvalue weighted by molar-refractivity contribution is 6.04. The van der Waals surface area contributed by atoms with E-state index in [1.54, 1.807) is 24.3 Å². The molecule has 1 aromatic rings. The number of hydrogen-bond acceptors (Lipinski definition) is 5. The van der Waals surface area contributed by atoms with Crippen molar-refractivity contribution in [1.29, 1.82) is 0 Å². The van der Waals surface area contributed by atoms with Crippen molar-refractivity contribution in [3.05, 3.63) is 29.8 Å². The topological polar surface area (TPSA) is 142 Å². The lowest BCUT2D eigenvalue weighted by atomic mass is 10.2. The number of aryl methyl sites for hydroxylation is 1. The fourth-order valence-electron chi connectivity index (χ4n) is 1.58. The summed E-state index contributed by atoms with van der Waals surface area (Å²) < 4.78 is 0. The van der Waals surface area contributed by atoms with Crippen molar-refractivity contribution >= 4 is 29.5 Å². The quantitative estimate of drug-likeness (QED) is 0.557. The number of carboxylic acid groups (broad SMARTS) is 1. The van der Waals surface area contributed by atoms with Crippen molar-refractivity contribution in [2.24, 2.45) is 5.73 Å². The van der Waals surface area contributed by atoms with Crippen LogP contribution in [0.15, 0.2) is 24.3 Å². The summed E-state index contributed by atoms with van der Waals surface area (Å²) in [5.74, 6) is -2.81. The van der Waals surface area contributed by atoms with Crippen LogP contribution >= 0.6 is 0 Å².